The zero-order valence-electron chi connectivity index (χ0n) is 18.7. The summed E-state index contributed by atoms with van der Waals surface area (Å²) in [6.07, 6.45) is 5.31. The Hall–Kier alpha value is -3.63. The molecule has 0 bridgehead atoms. The predicted molar refractivity (Wildman–Crippen MR) is 132 cm³/mol. The number of imidazole rings is 1. The number of amides is 1. The van der Waals surface area contributed by atoms with Crippen LogP contribution in [0.3, 0.4) is 0 Å². The van der Waals surface area contributed by atoms with Crippen molar-refractivity contribution in [2.24, 2.45) is 0 Å². The highest BCUT2D eigenvalue weighted by Gasteiger charge is 2.22. The Kier molecular flexibility index (Phi) is 6.99. The summed E-state index contributed by atoms with van der Waals surface area (Å²) < 4.78 is 34.3. The maximum Gasteiger partial charge on any atom is 0.273 e. The lowest BCUT2D eigenvalue weighted by atomic mass is 10.1. The number of hydrogen-bond donors (Lipinski definition) is 1. The van der Waals surface area contributed by atoms with Crippen LogP contribution in [0.5, 0.6) is 5.75 Å². The van der Waals surface area contributed by atoms with Crippen LogP contribution in [0, 0.1) is 0 Å². The maximum atomic E-state index is 12.6. The molecule has 1 atom stereocenters. The fraction of sp³-hybridized carbons (Fsp3) is 0.167. The van der Waals surface area contributed by atoms with Gasteiger partial charge in [0, 0.05) is 25.1 Å². The topological polar surface area (TPSA) is 93.5 Å². The van der Waals surface area contributed by atoms with Crippen molar-refractivity contribution in [3.05, 3.63) is 90.3 Å². The fourth-order valence-corrected chi connectivity index (χ4v) is 5.66. The van der Waals surface area contributed by atoms with Crippen LogP contribution >= 0.6 is 11.3 Å². The van der Waals surface area contributed by atoms with Crippen molar-refractivity contribution >= 4 is 33.0 Å². The summed E-state index contributed by atoms with van der Waals surface area (Å²) in [4.78, 5) is 16.4. The molecule has 4 rings (SSSR count). The molecule has 34 heavy (non-hydrogen) atoms. The zero-order chi connectivity index (χ0) is 24.1. The van der Waals surface area contributed by atoms with Crippen molar-refractivity contribution in [1.29, 1.82) is 0 Å². The third-order valence-electron chi connectivity index (χ3n) is 5.25. The molecule has 0 spiro atoms. The minimum absolute atomic E-state index is 0.153. The Balaban J connectivity index is 1.30. The molecule has 0 radical (unpaired) electrons. The molecule has 0 aliphatic rings. The first-order chi connectivity index (χ1) is 16.3. The van der Waals surface area contributed by atoms with Crippen LogP contribution in [0.25, 0.3) is 5.69 Å². The molecule has 0 saturated carbocycles. The summed E-state index contributed by atoms with van der Waals surface area (Å²) in [5, 5.41) is 4.64. The smallest absolute Gasteiger partial charge is 0.273 e. The fourth-order valence-electron chi connectivity index (χ4n) is 3.30. The molecule has 176 valence electrons. The van der Waals surface area contributed by atoms with E-state index in [0.29, 0.717) is 11.4 Å². The lowest BCUT2D eigenvalue weighted by Crippen LogP contribution is -2.31. The number of ether oxygens (including phenoxy) is 1. The number of anilines is 1. The first kappa shape index (κ1) is 23.5. The lowest BCUT2D eigenvalue weighted by molar-refractivity contribution is -0.123. The van der Waals surface area contributed by atoms with Gasteiger partial charge in [-0.1, -0.05) is 18.2 Å². The van der Waals surface area contributed by atoms with Gasteiger partial charge in [0.2, 0.25) is 0 Å². The van der Waals surface area contributed by atoms with E-state index in [0.717, 1.165) is 11.3 Å². The van der Waals surface area contributed by atoms with Crippen LogP contribution < -0.4 is 14.4 Å². The molecule has 2 aromatic heterocycles. The van der Waals surface area contributed by atoms with Crippen molar-refractivity contribution < 1.29 is 17.9 Å². The average molecular weight is 497 g/mol. The van der Waals surface area contributed by atoms with Crippen LogP contribution in [0.1, 0.15) is 18.5 Å². The number of rotatable bonds is 9. The van der Waals surface area contributed by atoms with Crippen LogP contribution in [-0.2, 0) is 14.8 Å². The van der Waals surface area contributed by atoms with Gasteiger partial charge in [-0.2, -0.15) is 0 Å². The molecule has 0 fully saturated rings. The third kappa shape index (κ3) is 5.29. The second-order valence-electron chi connectivity index (χ2n) is 7.54. The van der Waals surface area contributed by atoms with Gasteiger partial charge >= 0.3 is 0 Å². The van der Waals surface area contributed by atoms with Crippen LogP contribution in [0.4, 0.5) is 5.69 Å². The van der Waals surface area contributed by atoms with E-state index in [1.165, 1.54) is 22.7 Å². The summed E-state index contributed by atoms with van der Waals surface area (Å²) in [7, 11) is -2.10. The third-order valence-corrected chi connectivity index (χ3v) is 8.41. The van der Waals surface area contributed by atoms with E-state index < -0.39 is 10.0 Å². The Bertz CT molecular complexity index is 1320. The quantitative estimate of drug-likeness (QED) is 0.378. The van der Waals surface area contributed by atoms with E-state index in [-0.39, 0.29) is 22.8 Å². The van der Waals surface area contributed by atoms with Crippen molar-refractivity contribution in [2.75, 3.05) is 18.0 Å². The molecular weight excluding hydrogens is 472 g/mol. The molecule has 8 nitrogen and oxygen atoms in total. The van der Waals surface area contributed by atoms with Crippen molar-refractivity contribution in [2.45, 2.75) is 17.2 Å². The number of sulfonamides is 1. The van der Waals surface area contributed by atoms with Crippen LogP contribution in [0.2, 0.25) is 0 Å². The molecule has 1 N–H and O–H groups in total. The molecule has 10 heteroatoms. The highest BCUT2D eigenvalue weighted by atomic mass is 32.2. The van der Waals surface area contributed by atoms with Crippen molar-refractivity contribution in [1.82, 2.24) is 14.9 Å². The number of nitrogens with zero attached hydrogens (tertiary/aromatic N) is 3. The molecule has 0 saturated heterocycles. The molecule has 4 aromatic rings. The number of thiophene rings is 1. The monoisotopic (exact) mass is 496 g/mol. The van der Waals surface area contributed by atoms with Gasteiger partial charge < -0.3 is 14.6 Å². The largest absolute Gasteiger partial charge is 0.484 e. The Morgan fingerprint density at radius 1 is 1.15 bits per heavy atom. The Morgan fingerprint density at radius 2 is 1.88 bits per heavy atom. The average Bonchev–Trinajstić information content (AvgIpc) is 3.58. The maximum absolute atomic E-state index is 12.6. The summed E-state index contributed by atoms with van der Waals surface area (Å²) >= 11 is 1.17. The lowest BCUT2D eigenvalue weighted by Gasteiger charge is -2.19. The molecule has 2 heterocycles. The second-order valence-corrected chi connectivity index (χ2v) is 10.7. The van der Waals surface area contributed by atoms with Gasteiger partial charge in [0.15, 0.2) is 6.61 Å². The van der Waals surface area contributed by atoms with Crippen molar-refractivity contribution in [3.63, 3.8) is 0 Å². The van der Waals surface area contributed by atoms with Gasteiger partial charge in [-0.3, -0.25) is 9.10 Å². The van der Waals surface area contributed by atoms with Gasteiger partial charge in [-0.05, 0) is 60.3 Å². The van der Waals surface area contributed by atoms with Crippen LogP contribution in [0.15, 0.2) is 89.0 Å². The van der Waals surface area contributed by atoms with E-state index >= 15 is 0 Å². The summed E-state index contributed by atoms with van der Waals surface area (Å²) in [5.74, 6) is 0.214. The first-order valence-electron chi connectivity index (χ1n) is 10.5. The van der Waals surface area contributed by atoms with Gasteiger partial charge in [0.25, 0.3) is 15.9 Å². The van der Waals surface area contributed by atoms with E-state index in [2.05, 4.69) is 10.3 Å². The SMILES string of the molecule is CC(NC(=O)COc1ccc(N(C)S(=O)(=O)c2cccs2)cc1)c1ccc(-n2ccnc2)cc1. The molecule has 1 unspecified atom stereocenters. The summed E-state index contributed by atoms with van der Waals surface area (Å²) in [6, 6.07) is 17.5. The number of carbonyl (C=O) groups excluding carboxylic acids is 1. The van der Waals surface area contributed by atoms with Crippen molar-refractivity contribution in [3.8, 4) is 11.4 Å². The molecule has 0 aliphatic carbocycles. The van der Waals surface area contributed by atoms with Gasteiger partial charge in [0.05, 0.1) is 18.1 Å². The first-order valence-corrected chi connectivity index (χ1v) is 12.8. The Morgan fingerprint density at radius 3 is 2.50 bits per heavy atom. The summed E-state index contributed by atoms with van der Waals surface area (Å²) in [6.45, 7) is 1.75. The minimum Gasteiger partial charge on any atom is -0.484 e. The molecular formula is C24H24N4O4S2. The second kappa shape index (κ2) is 10.1. The number of aromatic nitrogens is 2. The number of carbonyl (C=O) groups is 1. The Labute approximate surface area is 202 Å². The van der Waals surface area contributed by atoms with Gasteiger partial charge in [-0.25, -0.2) is 13.4 Å². The minimum atomic E-state index is -3.60. The standard InChI is InChI=1S/C24H24N4O4S2/c1-18(19-5-7-21(8-6-19)28-14-13-25-17-28)26-23(29)16-32-22-11-9-20(10-12-22)27(2)34(30,31)24-4-3-15-33-24/h3-15,17-18H,16H2,1-2H3,(H,26,29). The van der Waals surface area contributed by atoms with E-state index in [1.54, 1.807) is 54.3 Å². The molecule has 2 aromatic carbocycles. The van der Waals surface area contributed by atoms with E-state index in [9.17, 15) is 13.2 Å². The predicted octanol–water partition coefficient (Wildman–Crippen LogP) is 4.02. The number of benzene rings is 2. The number of hydrogen-bond acceptors (Lipinski definition) is 6. The van der Waals surface area contributed by atoms with E-state index in [1.807, 2.05) is 42.0 Å². The zero-order valence-corrected chi connectivity index (χ0v) is 20.3. The summed E-state index contributed by atoms with van der Waals surface area (Å²) in [5.41, 5.74) is 2.45. The van der Waals surface area contributed by atoms with Gasteiger partial charge in [0.1, 0.15) is 9.96 Å². The highest BCUT2D eigenvalue weighted by molar-refractivity contribution is 7.94. The highest BCUT2D eigenvalue weighted by Crippen LogP contribution is 2.26. The molecule has 1 amide bonds. The normalized spacial score (nSPS) is 12.2. The molecule has 0 aliphatic heterocycles. The van der Waals surface area contributed by atoms with E-state index in [4.69, 9.17) is 4.74 Å². The number of nitrogens with one attached hydrogen (secondary N) is 1. The van der Waals surface area contributed by atoms with Crippen LogP contribution in [-0.4, -0.2) is 37.5 Å². The van der Waals surface area contributed by atoms with Gasteiger partial charge in [-0.15, -0.1) is 11.3 Å².